The molecular weight excluding hydrogens is 412 g/mol. The Morgan fingerprint density at radius 1 is 1.13 bits per heavy atom. The van der Waals surface area contributed by atoms with Gasteiger partial charge in [-0.3, -0.25) is 9.36 Å². The van der Waals surface area contributed by atoms with Gasteiger partial charge in [-0.25, -0.2) is 4.79 Å². The maximum atomic E-state index is 12.4. The zero-order chi connectivity index (χ0) is 22.2. The molecule has 0 aliphatic heterocycles. The lowest BCUT2D eigenvalue weighted by Crippen LogP contribution is -2.15. The zero-order valence-corrected chi connectivity index (χ0v) is 18.3. The molecule has 0 bridgehead atoms. The molecule has 0 radical (unpaired) electrons. The number of carbonyl (C=O) groups excluding carboxylic acids is 2. The molecule has 0 aliphatic rings. The molecule has 1 heterocycles. The van der Waals surface area contributed by atoms with E-state index in [2.05, 4.69) is 22.1 Å². The zero-order valence-electron chi connectivity index (χ0n) is 17.5. The van der Waals surface area contributed by atoms with E-state index in [-0.39, 0.29) is 17.6 Å². The number of hydrogen-bond acceptors (Lipinski definition) is 6. The van der Waals surface area contributed by atoms with E-state index in [0.29, 0.717) is 29.6 Å². The second kappa shape index (κ2) is 10.6. The lowest BCUT2D eigenvalue weighted by atomic mass is 10.1. The fourth-order valence-corrected chi connectivity index (χ4v) is 3.58. The number of nitrogens with zero attached hydrogens (tertiary/aromatic N) is 3. The first-order chi connectivity index (χ1) is 15.0. The summed E-state index contributed by atoms with van der Waals surface area (Å²) in [5, 5.41) is 12.0. The number of aromatic nitrogens is 3. The van der Waals surface area contributed by atoms with Crippen LogP contribution in [0.4, 0.5) is 5.69 Å². The highest BCUT2D eigenvalue weighted by molar-refractivity contribution is 7.99. The van der Waals surface area contributed by atoms with Gasteiger partial charge in [0.2, 0.25) is 5.91 Å². The van der Waals surface area contributed by atoms with Gasteiger partial charge in [0.15, 0.2) is 11.0 Å². The third kappa shape index (κ3) is 5.82. The predicted octanol–water partition coefficient (Wildman–Crippen LogP) is 4.35. The second-order valence-electron chi connectivity index (χ2n) is 6.71. The van der Waals surface area contributed by atoms with Crippen molar-refractivity contribution in [3.63, 3.8) is 0 Å². The van der Waals surface area contributed by atoms with Crippen molar-refractivity contribution in [1.29, 1.82) is 0 Å². The molecule has 0 saturated heterocycles. The molecule has 3 rings (SSSR count). The number of rotatable bonds is 9. The fourth-order valence-electron chi connectivity index (χ4n) is 2.84. The van der Waals surface area contributed by atoms with Gasteiger partial charge in [-0.2, -0.15) is 0 Å². The molecule has 31 heavy (non-hydrogen) atoms. The molecule has 0 atom stereocenters. The van der Waals surface area contributed by atoms with E-state index in [4.69, 9.17) is 4.74 Å². The highest BCUT2D eigenvalue weighted by Crippen LogP contribution is 2.24. The highest BCUT2D eigenvalue weighted by Gasteiger charge is 2.15. The summed E-state index contributed by atoms with van der Waals surface area (Å²) in [6.45, 7) is 8.45. The van der Waals surface area contributed by atoms with Gasteiger partial charge in [0.1, 0.15) is 0 Å². The molecule has 1 aromatic heterocycles. The van der Waals surface area contributed by atoms with Crippen molar-refractivity contribution in [3.05, 3.63) is 72.3 Å². The number of ether oxygens (including phenoxy) is 1. The van der Waals surface area contributed by atoms with Crippen LogP contribution in [0.3, 0.4) is 0 Å². The van der Waals surface area contributed by atoms with Gasteiger partial charge >= 0.3 is 5.97 Å². The summed E-state index contributed by atoms with van der Waals surface area (Å²) in [5.41, 5.74) is 3.17. The van der Waals surface area contributed by atoms with Crippen LogP contribution in [0, 0.1) is 6.92 Å². The van der Waals surface area contributed by atoms with Crippen molar-refractivity contribution < 1.29 is 14.3 Å². The van der Waals surface area contributed by atoms with Crippen LogP contribution in [0.5, 0.6) is 0 Å². The van der Waals surface area contributed by atoms with Crippen molar-refractivity contribution in [2.45, 2.75) is 25.5 Å². The van der Waals surface area contributed by atoms with Crippen LogP contribution in [-0.4, -0.2) is 39.0 Å². The maximum absolute atomic E-state index is 12.4. The Bertz CT molecular complexity index is 1060. The van der Waals surface area contributed by atoms with Crippen molar-refractivity contribution >= 4 is 29.3 Å². The number of benzene rings is 2. The number of esters is 1. The molecule has 1 N–H and O–H groups in total. The molecule has 3 aromatic rings. The van der Waals surface area contributed by atoms with Crippen LogP contribution in [0.25, 0.3) is 11.4 Å². The van der Waals surface area contributed by atoms with E-state index in [1.807, 2.05) is 35.8 Å². The Kier molecular flexibility index (Phi) is 7.61. The topological polar surface area (TPSA) is 86.1 Å². The average Bonchev–Trinajstić information content (AvgIpc) is 3.16. The van der Waals surface area contributed by atoms with E-state index in [9.17, 15) is 9.59 Å². The first kappa shape index (κ1) is 22.3. The summed E-state index contributed by atoms with van der Waals surface area (Å²) >= 11 is 1.30. The molecule has 0 aliphatic carbocycles. The first-order valence-electron chi connectivity index (χ1n) is 9.82. The quantitative estimate of drug-likeness (QED) is 0.305. The lowest BCUT2D eigenvalue weighted by Gasteiger charge is -2.09. The minimum absolute atomic E-state index is 0.169. The predicted molar refractivity (Wildman–Crippen MR) is 122 cm³/mol. The summed E-state index contributed by atoms with van der Waals surface area (Å²) in [4.78, 5) is 24.1. The molecule has 0 saturated carbocycles. The molecular formula is C23H24N4O3S. The van der Waals surface area contributed by atoms with Gasteiger partial charge in [-0.1, -0.05) is 47.7 Å². The van der Waals surface area contributed by atoms with Crippen molar-refractivity contribution in [1.82, 2.24) is 14.8 Å². The van der Waals surface area contributed by atoms with Gasteiger partial charge in [0.25, 0.3) is 0 Å². The Morgan fingerprint density at radius 2 is 1.84 bits per heavy atom. The largest absolute Gasteiger partial charge is 0.462 e. The molecule has 0 fully saturated rings. The number of amides is 1. The number of nitrogens with one attached hydrogen (secondary N) is 1. The first-order valence-corrected chi connectivity index (χ1v) is 10.8. The van der Waals surface area contributed by atoms with Crippen LogP contribution in [0.1, 0.15) is 22.8 Å². The Morgan fingerprint density at radius 3 is 2.48 bits per heavy atom. The minimum Gasteiger partial charge on any atom is -0.462 e. The normalized spacial score (nSPS) is 10.5. The summed E-state index contributed by atoms with van der Waals surface area (Å²) in [6, 6.07) is 14.6. The van der Waals surface area contributed by atoms with E-state index in [1.54, 1.807) is 37.3 Å². The van der Waals surface area contributed by atoms with Crippen LogP contribution in [-0.2, 0) is 16.1 Å². The van der Waals surface area contributed by atoms with Crippen LogP contribution < -0.4 is 5.32 Å². The number of anilines is 1. The number of thioether (sulfide) groups is 1. The standard InChI is InChI=1S/C23H24N4O3S/c1-4-14-27-21(17-8-6-16(3)7-9-17)25-26-23(27)31-15-20(28)24-19-12-10-18(11-13-19)22(29)30-5-2/h4,6-13H,1,5,14-15H2,2-3H3,(H,24,28). The Hall–Kier alpha value is -3.39. The third-order valence-electron chi connectivity index (χ3n) is 4.35. The Balaban J connectivity index is 1.64. The van der Waals surface area contributed by atoms with Crippen LogP contribution in [0.15, 0.2) is 66.3 Å². The number of allylic oxidation sites excluding steroid dienone is 1. The summed E-state index contributed by atoms with van der Waals surface area (Å²) in [5.74, 6) is 0.334. The average molecular weight is 437 g/mol. The van der Waals surface area contributed by atoms with E-state index >= 15 is 0 Å². The SMILES string of the molecule is C=CCn1c(SCC(=O)Nc2ccc(C(=O)OCC)cc2)nnc1-c1ccc(C)cc1. The summed E-state index contributed by atoms with van der Waals surface area (Å²) in [6.07, 6.45) is 1.77. The second-order valence-corrected chi connectivity index (χ2v) is 7.65. The van der Waals surface area contributed by atoms with Crippen LogP contribution >= 0.6 is 11.8 Å². The van der Waals surface area contributed by atoms with Gasteiger partial charge in [-0.05, 0) is 38.1 Å². The van der Waals surface area contributed by atoms with Gasteiger partial charge in [0.05, 0.1) is 17.9 Å². The molecule has 0 unspecified atom stereocenters. The monoisotopic (exact) mass is 436 g/mol. The Labute approximate surface area is 185 Å². The highest BCUT2D eigenvalue weighted by atomic mass is 32.2. The smallest absolute Gasteiger partial charge is 0.338 e. The molecule has 0 spiro atoms. The molecule has 1 amide bonds. The van der Waals surface area contributed by atoms with Crippen LogP contribution in [0.2, 0.25) is 0 Å². The van der Waals surface area contributed by atoms with Crippen molar-refractivity contribution in [2.24, 2.45) is 0 Å². The van der Waals surface area contributed by atoms with E-state index in [0.717, 1.165) is 11.4 Å². The summed E-state index contributed by atoms with van der Waals surface area (Å²) in [7, 11) is 0. The van der Waals surface area contributed by atoms with Gasteiger partial charge in [0, 0.05) is 17.8 Å². The van der Waals surface area contributed by atoms with Gasteiger partial charge < -0.3 is 10.1 Å². The van der Waals surface area contributed by atoms with E-state index < -0.39 is 0 Å². The van der Waals surface area contributed by atoms with Crippen molar-refractivity contribution in [2.75, 3.05) is 17.7 Å². The lowest BCUT2D eigenvalue weighted by molar-refractivity contribution is -0.113. The van der Waals surface area contributed by atoms with Gasteiger partial charge in [-0.15, -0.1) is 16.8 Å². The third-order valence-corrected chi connectivity index (χ3v) is 5.32. The number of aryl methyl sites for hydroxylation is 1. The number of hydrogen-bond donors (Lipinski definition) is 1. The van der Waals surface area contributed by atoms with E-state index in [1.165, 1.54) is 17.3 Å². The number of carbonyl (C=O) groups is 2. The summed E-state index contributed by atoms with van der Waals surface area (Å²) < 4.78 is 6.89. The van der Waals surface area contributed by atoms with Crippen molar-refractivity contribution in [3.8, 4) is 11.4 Å². The minimum atomic E-state index is -0.387. The molecule has 8 heteroatoms. The fraction of sp³-hybridized carbons (Fsp3) is 0.217. The maximum Gasteiger partial charge on any atom is 0.338 e. The molecule has 160 valence electrons. The molecule has 2 aromatic carbocycles. The molecule has 7 nitrogen and oxygen atoms in total.